The van der Waals surface area contributed by atoms with Crippen LogP contribution in [0.3, 0.4) is 0 Å². The number of ketones is 1. The third kappa shape index (κ3) is 5.37. The summed E-state index contributed by atoms with van der Waals surface area (Å²) >= 11 is 4.40. The summed E-state index contributed by atoms with van der Waals surface area (Å²) < 4.78 is 0. The molecule has 0 rings (SSSR count). The van der Waals surface area contributed by atoms with Gasteiger partial charge >= 0.3 is 0 Å². The molecule has 0 aromatic rings. The Morgan fingerprint density at radius 3 is 2.78 bits per heavy atom. The van der Waals surface area contributed by atoms with Crippen LogP contribution in [0.4, 0.5) is 0 Å². The summed E-state index contributed by atoms with van der Waals surface area (Å²) in [6, 6.07) is 0. The summed E-state index contributed by atoms with van der Waals surface area (Å²) in [7, 11) is 0. The van der Waals surface area contributed by atoms with Crippen molar-refractivity contribution in [3.05, 3.63) is 12.2 Å². The van der Waals surface area contributed by atoms with E-state index >= 15 is 0 Å². The molecular formula is C7H10OS. The van der Waals surface area contributed by atoms with Crippen molar-refractivity contribution in [2.45, 2.75) is 19.8 Å². The zero-order chi connectivity index (χ0) is 7.11. The van der Waals surface area contributed by atoms with Crippen LogP contribution in [-0.2, 0) is 4.79 Å². The molecule has 0 heterocycles. The normalized spacial score (nSPS) is 9.89. The van der Waals surface area contributed by atoms with Crippen LogP contribution in [0.2, 0.25) is 0 Å². The number of rotatable bonds is 4. The lowest BCUT2D eigenvalue weighted by Gasteiger charge is -1.80. The highest BCUT2D eigenvalue weighted by atomic mass is 32.1. The summed E-state index contributed by atoms with van der Waals surface area (Å²) in [6.07, 6.45) is 5.37. The average Bonchev–Trinajstić information content (AvgIpc) is 1.89. The third-order valence-corrected chi connectivity index (χ3v) is 1.09. The molecule has 0 unspecified atom stereocenters. The van der Waals surface area contributed by atoms with Crippen molar-refractivity contribution in [1.29, 1.82) is 0 Å². The SMILES string of the molecule is CCCC=CC(=O)C=S. The number of unbranched alkanes of at least 4 members (excludes halogenated alkanes) is 1. The Morgan fingerprint density at radius 2 is 2.33 bits per heavy atom. The topological polar surface area (TPSA) is 17.1 Å². The molecule has 0 aliphatic rings. The van der Waals surface area contributed by atoms with Crippen LogP contribution in [0.5, 0.6) is 0 Å². The first-order valence-corrected chi connectivity index (χ1v) is 3.44. The van der Waals surface area contributed by atoms with E-state index in [1.807, 2.05) is 6.08 Å². The number of thiocarbonyl (C=S) groups is 1. The van der Waals surface area contributed by atoms with Crippen molar-refractivity contribution >= 4 is 23.4 Å². The van der Waals surface area contributed by atoms with Crippen LogP contribution < -0.4 is 0 Å². The Hall–Kier alpha value is -0.500. The molecule has 0 bridgehead atoms. The minimum Gasteiger partial charge on any atom is -0.289 e. The Morgan fingerprint density at radius 1 is 1.67 bits per heavy atom. The predicted molar refractivity (Wildman–Crippen MR) is 42.7 cm³/mol. The standard InChI is InChI=1S/C7H10OS/c1-2-3-4-5-7(8)6-9/h4-6H,2-3H2,1H3. The van der Waals surface area contributed by atoms with Crippen molar-refractivity contribution in [2.24, 2.45) is 0 Å². The maximum absolute atomic E-state index is 10.4. The van der Waals surface area contributed by atoms with Gasteiger partial charge < -0.3 is 0 Å². The van der Waals surface area contributed by atoms with Crippen molar-refractivity contribution in [3.8, 4) is 0 Å². The molecule has 0 aromatic carbocycles. The van der Waals surface area contributed by atoms with Crippen LogP contribution in [0, 0.1) is 0 Å². The highest BCUT2D eigenvalue weighted by molar-refractivity contribution is 7.80. The minimum absolute atomic E-state index is 0.0848. The average molecular weight is 142 g/mol. The second-order valence-corrected chi connectivity index (χ2v) is 1.95. The fourth-order valence-corrected chi connectivity index (χ4v) is 0.484. The highest BCUT2D eigenvalue weighted by Crippen LogP contribution is 1.87. The van der Waals surface area contributed by atoms with E-state index in [9.17, 15) is 4.79 Å². The molecule has 2 heteroatoms. The van der Waals surface area contributed by atoms with Gasteiger partial charge in [-0.2, -0.15) is 0 Å². The largest absolute Gasteiger partial charge is 0.289 e. The van der Waals surface area contributed by atoms with Gasteiger partial charge in [-0.3, -0.25) is 4.79 Å². The maximum atomic E-state index is 10.4. The molecule has 50 valence electrons. The van der Waals surface area contributed by atoms with Gasteiger partial charge in [0.2, 0.25) is 0 Å². The molecule has 0 N–H and O–H groups in total. The monoisotopic (exact) mass is 142 g/mol. The molecular weight excluding hydrogens is 132 g/mol. The van der Waals surface area contributed by atoms with Gasteiger partial charge in [0, 0.05) is 5.37 Å². The van der Waals surface area contributed by atoms with Gasteiger partial charge in [-0.25, -0.2) is 0 Å². The first-order valence-electron chi connectivity index (χ1n) is 2.97. The number of hydrogen-bond acceptors (Lipinski definition) is 2. The van der Waals surface area contributed by atoms with Gasteiger partial charge in [0.25, 0.3) is 0 Å². The molecule has 0 fully saturated rings. The van der Waals surface area contributed by atoms with Crippen molar-refractivity contribution in [2.75, 3.05) is 0 Å². The second kappa shape index (κ2) is 5.63. The molecule has 0 aromatic heterocycles. The molecule has 0 saturated carbocycles. The Kier molecular flexibility index (Phi) is 5.32. The molecule has 1 nitrogen and oxygen atoms in total. The molecule has 0 aliphatic heterocycles. The van der Waals surface area contributed by atoms with E-state index in [4.69, 9.17) is 0 Å². The van der Waals surface area contributed by atoms with Gasteiger partial charge in [-0.1, -0.05) is 31.6 Å². The van der Waals surface area contributed by atoms with E-state index in [0.717, 1.165) is 18.2 Å². The number of hydrogen-bond donors (Lipinski definition) is 0. The molecule has 0 aliphatic carbocycles. The maximum Gasteiger partial charge on any atom is 0.188 e. The van der Waals surface area contributed by atoms with Crippen molar-refractivity contribution in [3.63, 3.8) is 0 Å². The molecule has 0 radical (unpaired) electrons. The van der Waals surface area contributed by atoms with E-state index < -0.39 is 0 Å². The van der Waals surface area contributed by atoms with Gasteiger partial charge in [0.15, 0.2) is 5.78 Å². The van der Waals surface area contributed by atoms with Gasteiger partial charge in [-0.05, 0) is 12.5 Å². The molecule has 0 atom stereocenters. The fraction of sp³-hybridized carbons (Fsp3) is 0.429. The molecule has 9 heavy (non-hydrogen) atoms. The third-order valence-electron chi connectivity index (χ3n) is 0.854. The number of carbonyl (C=O) groups excluding carboxylic acids is 1. The van der Waals surface area contributed by atoms with Crippen LogP contribution in [0.15, 0.2) is 12.2 Å². The predicted octanol–water partition coefficient (Wildman–Crippen LogP) is 1.91. The minimum atomic E-state index is -0.0848. The van der Waals surface area contributed by atoms with Crippen molar-refractivity contribution in [1.82, 2.24) is 0 Å². The smallest absolute Gasteiger partial charge is 0.188 e. The zero-order valence-electron chi connectivity index (χ0n) is 5.46. The van der Waals surface area contributed by atoms with Crippen LogP contribution >= 0.6 is 12.2 Å². The highest BCUT2D eigenvalue weighted by Gasteiger charge is 1.83. The van der Waals surface area contributed by atoms with Crippen LogP contribution in [0.25, 0.3) is 0 Å². The number of carbonyl (C=O) groups is 1. The van der Waals surface area contributed by atoms with E-state index in [0.29, 0.717) is 0 Å². The van der Waals surface area contributed by atoms with E-state index in [1.165, 1.54) is 6.08 Å². The lowest BCUT2D eigenvalue weighted by molar-refractivity contribution is -0.108. The summed E-state index contributed by atoms with van der Waals surface area (Å²) in [5.41, 5.74) is 0. The van der Waals surface area contributed by atoms with Gasteiger partial charge in [-0.15, -0.1) is 0 Å². The van der Waals surface area contributed by atoms with Gasteiger partial charge in [0.05, 0.1) is 0 Å². The summed E-state index contributed by atoms with van der Waals surface area (Å²) in [6.45, 7) is 2.06. The van der Waals surface area contributed by atoms with Crippen LogP contribution in [0.1, 0.15) is 19.8 Å². The van der Waals surface area contributed by atoms with E-state index in [-0.39, 0.29) is 5.78 Å². The molecule has 0 saturated heterocycles. The van der Waals surface area contributed by atoms with Crippen molar-refractivity contribution < 1.29 is 4.79 Å². The first-order chi connectivity index (χ1) is 4.31. The van der Waals surface area contributed by atoms with E-state index in [1.54, 1.807) is 0 Å². The molecule has 0 amide bonds. The Balaban J connectivity index is 3.44. The Labute approximate surface area is 60.8 Å². The summed E-state index contributed by atoms with van der Waals surface area (Å²) in [4.78, 5) is 10.4. The quantitative estimate of drug-likeness (QED) is 0.440. The second-order valence-electron chi connectivity index (χ2n) is 1.71. The lowest BCUT2D eigenvalue weighted by Crippen LogP contribution is -1.88. The summed E-state index contributed by atoms with van der Waals surface area (Å²) in [5, 5.41) is 1.14. The molecule has 0 spiro atoms. The zero-order valence-corrected chi connectivity index (χ0v) is 6.28. The fourth-order valence-electron chi connectivity index (χ4n) is 0.405. The van der Waals surface area contributed by atoms with Gasteiger partial charge in [0.1, 0.15) is 0 Å². The van der Waals surface area contributed by atoms with Crippen LogP contribution in [-0.4, -0.2) is 11.2 Å². The number of allylic oxidation sites excluding steroid dienone is 2. The van der Waals surface area contributed by atoms with E-state index in [2.05, 4.69) is 19.1 Å². The Bertz CT molecular complexity index is 127. The first kappa shape index (κ1) is 8.50. The summed E-state index contributed by atoms with van der Waals surface area (Å²) in [5.74, 6) is -0.0848. The lowest BCUT2D eigenvalue weighted by atomic mass is 10.3.